The highest BCUT2D eigenvalue weighted by Crippen LogP contribution is 2.44. The summed E-state index contributed by atoms with van der Waals surface area (Å²) < 4.78 is 35.5. The number of carbonyl (C=O) groups is 2. The third-order valence-corrected chi connectivity index (χ3v) is 3.66. The molecule has 12 heteroatoms. The molecule has 0 radical (unpaired) electrons. The van der Waals surface area contributed by atoms with E-state index in [1.165, 1.54) is 14.1 Å². The molecule has 0 aromatic carbocycles. The van der Waals surface area contributed by atoms with Gasteiger partial charge in [0.25, 0.3) is 11.4 Å². The first-order valence-corrected chi connectivity index (χ1v) is 7.11. The number of rotatable bonds is 3. The molecule has 0 spiro atoms. The zero-order valence-electron chi connectivity index (χ0n) is 13.1. The van der Waals surface area contributed by atoms with Gasteiger partial charge in [-0.25, -0.2) is 18.8 Å². The molecule has 2 fully saturated rings. The summed E-state index contributed by atoms with van der Waals surface area (Å²) in [6, 6.07) is 1.02. The van der Waals surface area contributed by atoms with Crippen LogP contribution in [-0.2, 0) is 18.9 Å². The molecular weight excluding hydrogens is 345 g/mol. The number of nitrogens with one attached hydrogen (secondary N) is 1. The van der Waals surface area contributed by atoms with Crippen molar-refractivity contribution in [3.63, 3.8) is 0 Å². The van der Waals surface area contributed by atoms with E-state index in [-0.39, 0.29) is 0 Å². The molecule has 2 saturated heterocycles. The molecular formula is C13H14FN3O8. The summed E-state index contributed by atoms with van der Waals surface area (Å²) in [4.78, 5) is 49.0. The summed E-state index contributed by atoms with van der Waals surface area (Å²) in [6.45, 7) is -0.892. The van der Waals surface area contributed by atoms with Gasteiger partial charge >= 0.3 is 17.9 Å². The second-order valence-electron chi connectivity index (χ2n) is 5.63. The van der Waals surface area contributed by atoms with Crippen LogP contribution in [0.5, 0.6) is 0 Å². The van der Waals surface area contributed by atoms with Gasteiger partial charge < -0.3 is 23.8 Å². The van der Waals surface area contributed by atoms with Crippen LogP contribution >= 0.6 is 0 Å². The maximum absolute atomic E-state index is 15.1. The van der Waals surface area contributed by atoms with Crippen LogP contribution in [0.2, 0.25) is 0 Å². The van der Waals surface area contributed by atoms with Crippen molar-refractivity contribution in [1.29, 1.82) is 0 Å². The lowest BCUT2D eigenvalue weighted by molar-refractivity contribution is -0.211. The van der Waals surface area contributed by atoms with Gasteiger partial charge in [0, 0.05) is 26.4 Å². The van der Waals surface area contributed by atoms with Crippen molar-refractivity contribution in [1.82, 2.24) is 14.5 Å². The maximum atomic E-state index is 15.1. The minimum atomic E-state index is -2.73. The lowest BCUT2D eigenvalue weighted by Gasteiger charge is -2.24. The number of hydrogen-bond acceptors (Lipinski definition) is 8. The molecule has 2 aliphatic heterocycles. The zero-order chi connectivity index (χ0) is 18.4. The number of aromatic amines is 1. The summed E-state index contributed by atoms with van der Waals surface area (Å²) >= 11 is 0. The van der Waals surface area contributed by atoms with Crippen LogP contribution in [-0.4, -0.2) is 65.5 Å². The van der Waals surface area contributed by atoms with Crippen LogP contribution in [0, 0.1) is 0 Å². The fraction of sp³-hybridized carbons (Fsp3) is 0.538. The molecule has 1 amide bonds. The molecule has 25 heavy (non-hydrogen) atoms. The van der Waals surface area contributed by atoms with Crippen molar-refractivity contribution < 1.29 is 32.9 Å². The number of amides is 1. The van der Waals surface area contributed by atoms with Crippen molar-refractivity contribution in [3.05, 3.63) is 33.1 Å². The molecule has 0 aliphatic carbocycles. The van der Waals surface area contributed by atoms with Gasteiger partial charge in [-0.05, 0) is 0 Å². The number of ether oxygens (including phenoxy) is 4. The van der Waals surface area contributed by atoms with Crippen LogP contribution in [0.1, 0.15) is 6.23 Å². The third kappa shape index (κ3) is 2.95. The topological polar surface area (TPSA) is 129 Å². The predicted octanol–water partition coefficient (Wildman–Crippen LogP) is -0.667. The Morgan fingerprint density at radius 3 is 2.76 bits per heavy atom. The molecule has 3 heterocycles. The minimum absolute atomic E-state index is 0.665. The highest BCUT2D eigenvalue weighted by Gasteiger charge is 2.65. The van der Waals surface area contributed by atoms with E-state index in [4.69, 9.17) is 18.9 Å². The van der Waals surface area contributed by atoms with Crippen molar-refractivity contribution in [2.24, 2.45) is 0 Å². The smallest absolute Gasteiger partial charge is 0.443 e. The highest BCUT2D eigenvalue weighted by molar-refractivity contribution is 5.67. The second kappa shape index (κ2) is 5.88. The molecule has 1 aromatic heterocycles. The zero-order valence-corrected chi connectivity index (χ0v) is 13.1. The molecule has 4 atom stereocenters. The Morgan fingerprint density at radius 2 is 2.12 bits per heavy atom. The van der Waals surface area contributed by atoms with Gasteiger partial charge in [0.1, 0.15) is 0 Å². The van der Waals surface area contributed by atoms with Gasteiger partial charge in [-0.2, -0.15) is 0 Å². The Morgan fingerprint density at radius 1 is 1.40 bits per heavy atom. The molecule has 0 saturated carbocycles. The van der Waals surface area contributed by atoms with E-state index in [1.807, 2.05) is 4.98 Å². The van der Waals surface area contributed by atoms with Crippen LogP contribution in [0.25, 0.3) is 0 Å². The molecule has 0 bridgehead atoms. The number of H-pyrrole nitrogens is 1. The standard InChI is InChI=1S/C13H14FN3O8/c1-16(2)11(20)22-5-13(14)8-7(23-12(21)24-8)9(25-13)17-4-3-6(18)15-10(17)19/h3-4,7-9H,5H2,1-2H3,(H,15,18,19)/t7-,8+,9-,13-/m1/s1. The average molecular weight is 359 g/mol. The van der Waals surface area contributed by atoms with E-state index < -0.39 is 54.4 Å². The number of nitrogens with zero attached hydrogens (tertiary/aromatic N) is 2. The van der Waals surface area contributed by atoms with Crippen molar-refractivity contribution in [2.75, 3.05) is 20.7 Å². The van der Waals surface area contributed by atoms with Crippen molar-refractivity contribution >= 4 is 12.2 Å². The quantitative estimate of drug-likeness (QED) is 0.704. The SMILES string of the molecule is CN(C)C(=O)OC[C@@]1(F)O[C@@H](n2ccc(=O)[nH]c2=O)[C@@H]2OC(=O)O[C@@H]21. The van der Waals surface area contributed by atoms with Crippen LogP contribution < -0.4 is 11.2 Å². The number of fused-ring (bicyclic) bond motifs is 1. The average Bonchev–Trinajstić information content (AvgIpc) is 3.03. The first-order valence-electron chi connectivity index (χ1n) is 7.11. The molecule has 0 unspecified atom stereocenters. The Hall–Kier alpha value is -2.89. The molecule has 3 rings (SSSR count). The number of aromatic nitrogens is 2. The van der Waals surface area contributed by atoms with Gasteiger partial charge in [0.05, 0.1) is 0 Å². The summed E-state index contributed by atoms with van der Waals surface area (Å²) in [5, 5.41) is 0. The van der Waals surface area contributed by atoms with Gasteiger partial charge in [0.2, 0.25) is 6.10 Å². The first kappa shape index (κ1) is 17.0. The van der Waals surface area contributed by atoms with E-state index in [2.05, 4.69) is 0 Å². The van der Waals surface area contributed by atoms with Crippen LogP contribution in [0.15, 0.2) is 21.9 Å². The van der Waals surface area contributed by atoms with Gasteiger partial charge in [-0.15, -0.1) is 0 Å². The van der Waals surface area contributed by atoms with E-state index in [1.54, 1.807) is 0 Å². The fourth-order valence-electron chi connectivity index (χ4n) is 2.50. The monoisotopic (exact) mass is 359 g/mol. The number of hydrogen-bond donors (Lipinski definition) is 1. The second-order valence-corrected chi connectivity index (χ2v) is 5.63. The molecule has 2 aliphatic rings. The van der Waals surface area contributed by atoms with Crippen LogP contribution in [0.4, 0.5) is 14.0 Å². The number of carbonyl (C=O) groups excluding carboxylic acids is 2. The van der Waals surface area contributed by atoms with Gasteiger partial charge in [0.15, 0.2) is 18.9 Å². The van der Waals surface area contributed by atoms with E-state index >= 15 is 4.39 Å². The van der Waals surface area contributed by atoms with Gasteiger partial charge in [-0.1, -0.05) is 0 Å². The van der Waals surface area contributed by atoms with E-state index in [0.717, 1.165) is 21.7 Å². The highest BCUT2D eigenvalue weighted by atomic mass is 19.2. The maximum Gasteiger partial charge on any atom is 0.509 e. The van der Waals surface area contributed by atoms with Crippen LogP contribution in [0.3, 0.4) is 0 Å². The van der Waals surface area contributed by atoms with Crippen molar-refractivity contribution in [2.45, 2.75) is 24.3 Å². The largest absolute Gasteiger partial charge is 0.509 e. The Balaban J connectivity index is 1.89. The Kier molecular flexibility index (Phi) is 3.99. The van der Waals surface area contributed by atoms with E-state index in [9.17, 15) is 19.2 Å². The van der Waals surface area contributed by atoms with E-state index in [0.29, 0.717) is 0 Å². The molecule has 1 N–H and O–H groups in total. The molecule has 11 nitrogen and oxygen atoms in total. The van der Waals surface area contributed by atoms with Crippen molar-refractivity contribution in [3.8, 4) is 0 Å². The Labute approximate surface area is 138 Å². The fourth-order valence-corrected chi connectivity index (χ4v) is 2.50. The summed E-state index contributed by atoms with van der Waals surface area (Å²) in [7, 11) is 2.79. The number of alkyl halides is 1. The third-order valence-electron chi connectivity index (χ3n) is 3.66. The molecule has 1 aromatic rings. The first-order chi connectivity index (χ1) is 11.7. The predicted molar refractivity (Wildman–Crippen MR) is 75.5 cm³/mol. The normalized spacial score (nSPS) is 30.4. The summed E-state index contributed by atoms with van der Waals surface area (Å²) in [5.41, 5.74) is -1.56. The molecule has 136 valence electrons. The summed E-state index contributed by atoms with van der Waals surface area (Å²) in [5.74, 6) is -2.73. The summed E-state index contributed by atoms with van der Waals surface area (Å²) in [6.07, 6.45) is -5.21. The Bertz CT molecular complexity index is 820. The lowest BCUT2D eigenvalue weighted by Crippen LogP contribution is -2.43. The lowest BCUT2D eigenvalue weighted by atomic mass is 10.1. The van der Waals surface area contributed by atoms with Gasteiger partial charge in [-0.3, -0.25) is 14.3 Å². The number of halogens is 1. The minimum Gasteiger partial charge on any atom is -0.443 e.